The van der Waals surface area contributed by atoms with Crippen molar-refractivity contribution < 1.29 is 4.79 Å². The number of carbonyl (C=O) groups excluding carboxylic acids is 1. The molecule has 6 nitrogen and oxygen atoms in total. The van der Waals surface area contributed by atoms with Gasteiger partial charge in [-0.1, -0.05) is 13.8 Å². The Kier molecular flexibility index (Phi) is 3.58. The number of carbonyl (C=O) groups is 1. The summed E-state index contributed by atoms with van der Waals surface area (Å²) >= 11 is 0. The van der Waals surface area contributed by atoms with Gasteiger partial charge in [0.15, 0.2) is 0 Å². The molecule has 23 heavy (non-hydrogen) atoms. The first-order chi connectivity index (χ1) is 10.7. The van der Waals surface area contributed by atoms with Crippen molar-refractivity contribution in [1.29, 1.82) is 0 Å². The second-order valence-corrected chi connectivity index (χ2v) is 7.26. The van der Waals surface area contributed by atoms with E-state index in [0.717, 1.165) is 29.3 Å². The smallest absolute Gasteiger partial charge is 0.227 e. The topological polar surface area (TPSA) is 56.0 Å². The summed E-state index contributed by atoms with van der Waals surface area (Å²) in [6.45, 7) is 9.12. The van der Waals surface area contributed by atoms with Gasteiger partial charge in [-0.25, -0.2) is 4.98 Å². The SMILES string of the molecule is Cc1nn(C)c(C)c1CC(=O)N1CC(C)(C)C1c1nccn1C. The standard InChI is InChI=1S/C17H25N5O/c1-11-13(12(2)21(6)19-11)9-14(23)22-10-17(3,4)15(22)16-18-7-8-20(16)5/h7-8,15H,9-10H2,1-6H3. The first-order valence-electron chi connectivity index (χ1n) is 7.98. The minimum atomic E-state index is 0.0345. The molecule has 2 aromatic heterocycles. The van der Waals surface area contributed by atoms with Crippen LogP contribution in [0.1, 0.15) is 42.7 Å². The van der Waals surface area contributed by atoms with E-state index < -0.39 is 0 Å². The molecule has 1 atom stereocenters. The summed E-state index contributed by atoms with van der Waals surface area (Å²) in [5.41, 5.74) is 3.09. The number of aromatic nitrogens is 4. The van der Waals surface area contributed by atoms with Gasteiger partial charge in [0.25, 0.3) is 0 Å². The van der Waals surface area contributed by atoms with Gasteiger partial charge in [0.1, 0.15) is 5.82 Å². The Morgan fingerprint density at radius 2 is 2.04 bits per heavy atom. The number of nitrogens with zero attached hydrogens (tertiary/aromatic N) is 5. The molecule has 0 aliphatic carbocycles. The van der Waals surface area contributed by atoms with Gasteiger partial charge in [-0.2, -0.15) is 5.10 Å². The Morgan fingerprint density at radius 3 is 2.52 bits per heavy atom. The van der Waals surface area contributed by atoms with Gasteiger partial charge in [0.2, 0.25) is 5.91 Å². The van der Waals surface area contributed by atoms with Crippen molar-refractivity contribution in [3.8, 4) is 0 Å². The Hall–Kier alpha value is -2.11. The lowest BCUT2D eigenvalue weighted by Crippen LogP contribution is -2.59. The first-order valence-corrected chi connectivity index (χ1v) is 7.98. The molecule has 0 spiro atoms. The number of hydrogen-bond donors (Lipinski definition) is 0. The molecule has 3 rings (SSSR count). The highest BCUT2D eigenvalue weighted by Gasteiger charge is 2.50. The quantitative estimate of drug-likeness (QED) is 0.869. The predicted octanol–water partition coefficient (Wildman–Crippen LogP) is 1.92. The van der Waals surface area contributed by atoms with Gasteiger partial charge in [0, 0.05) is 49.7 Å². The van der Waals surface area contributed by atoms with Gasteiger partial charge in [-0.05, 0) is 13.8 Å². The van der Waals surface area contributed by atoms with Crippen LogP contribution in [0.3, 0.4) is 0 Å². The summed E-state index contributed by atoms with van der Waals surface area (Å²) in [6.07, 6.45) is 4.13. The van der Waals surface area contributed by atoms with Crippen molar-refractivity contribution in [2.24, 2.45) is 19.5 Å². The third-order valence-electron chi connectivity index (χ3n) is 5.04. The van der Waals surface area contributed by atoms with E-state index >= 15 is 0 Å². The zero-order valence-corrected chi connectivity index (χ0v) is 14.8. The van der Waals surface area contributed by atoms with Crippen LogP contribution in [-0.2, 0) is 25.3 Å². The van der Waals surface area contributed by atoms with Crippen molar-refractivity contribution in [1.82, 2.24) is 24.2 Å². The largest absolute Gasteiger partial charge is 0.336 e. The third kappa shape index (κ3) is 2.46. The van der Waals surface area contributed by atoms with Crippen LogP contribution in [0.2, 0.25) is 0 Å². The molecule has 0 N–H and O–H groups in total. The fourth-order valence-electron chi connectivity index (χ4n) is 3.61. The zero-order valence-electron chi connectivity index (χ0n) is 14.8. The monoisotopic (exact) mass is 315 g/mol. The van der Waals surface area contributed by atoms with Gasteiger partial charge in [-0.3, -0.25) is 9.48 Å². The number of rotatable bonds is 3. The van der Waals surface area contributed by atoms with Crippen LogP contribution >= 0.6 is 0 Å². The Labute approximate surface area is 137 Å². The van der Waals surface area contributed by atoms with E-state index in [1.807, 2.05) is 48.3 Å². The van der Waals surface area contributed by atoms with Crippen molar-refractivity contribution in [3.05, 3.63) is 35.2 Å². The number of hydrogen-bond acceptors (Lipinski definition) is 3. The lowest BCUT2D eigenvalue weighted by molar-refractivity contribution is -0.152. The molecule has 1 amide bonds. The van der Waals surface area contributed by atoms with Gasteiger partial charge in [-0.15, -0.1) is 0 Å². The average Bonchev–Trinajstić information content (AvgIpc) is 2.96. The van der Waals surface area contributed by atoms with Crippen LogP contribution < -0.4 is 0 Å². The molecule has 1 saturated heterocycles. The van der Waals surface area contributed by atoms with Crippen LogP contribution in [0.15, 0.2) is 12.4 Å². The molecule has 6 heteroatoms. The molecule has 0 bridgehead atoms. The molecule has 0 radical (unpaired) electrons. The van der Waals surface area contributed by atoms with Crippen LogP contribution in [0, 0.1) is 19.3 Å². The maximum atomic E-state index is 12.9. The van der Waals surface area contributed by atoms with Gasteiger partial charge < -0.3 is 9.47 Å². The van der Waals surface area contributed by atoms with Crippen molar-refractivity contribution in [3.63, 3.8) is 0 Å². The second-order valence-electron chi connectivity index (χ2n) is 7.26. The second kappa shape index (κ2) is 5.22. The molecule has 1 unspecified atom stereocenters. The van der Waals surface area contributed by atoms with E-state index in [2.05, 4.69) is 23.9 Å². The normalized spacial score (nSPS) is 19.7. The minimum Gasteiger partial charge on any atom is -0.336 e. The van der Waals surface area contributed by atoms with Crippen LogP contribution in [0.4, 0.5) is 0 Å². The predicted molar refractivity (Wildman–Crippen MR) is 87.8 cm³/mol. The third-order valence-corrected chi connectivity index (χ3v) is 5.04. The fraction of sp³-hybridized carbons (Fsp3) is 0.588. The summed E-state index contributed by atoms with van der Waals surface area (Å²) in [4.78, 5) is 19.3. The molecule has 1 aliphatic heterocycles. The fourth-order valence-corrected chi connectivity index (χ4v) is 3.61. The Bertz CT molecular complexity index is 755. The lowest BCUT2D eigenvalue weighted by Gasteiger charge is -2.53. The highest BCUT2D eigenvalue weighted by Crippen LogP contribution is 2.47. The van der Waals surface area contributed by atoms with Gasteiger partial charge in [0.05, 0.1) is 18.2 Å². The molecule has 0 saturated carbocycles. The number of imidazole rings is 1. The van der Waals surface area contributed by atoms with E-state index in [0.29, 0.717) is 6.42 Å². The van der Waals surface area contributed by atoms with Crippen LogP contribution in [-0.4, -0.2) is 36.7 Å². The molecule has 1 fully saturated rings. The van der Waals surface area contributed by atoms with Crippen molar-refractivity contribution in [2.45, 2.75) is 40.2 Å². The van der Waals surface area contributed by atoms with Crippen LogP contribution in [0.25, 0.3) is 0 Å². The molecule has 0 aromatic carbocycles. The summed E-state index contributed by atoms with van der Waals surface area (Å²) in [7, 11) is 3.90. The molecule has 3 heterocycles. The Balaban J connectivity index is 1.84. The van der Waals surface area contributed by atoms with Crippen molar-refractivity contribution >= 4 is 5.91 Å². The highest BCUT2D eigenvalue weighted by atomic mass is 16.2. The molecule has 2 aromatic rings. The van der Waals surface area contributed by atoms with Crippen molar-refractivity contribution in [2.75, 3.05) is 6.54 Å². The van der Waals surface area contributed by atoms with E-state index in [4.69, 9.17) is 0 Å². The zero-order chi connectivity index (χ0) is 16.9. The molecule has 1 aliphatic rings. The van der Waals surface area contributed by atoms with Crippen LogP contribution in [0.5, 0.6) is 0 Å². The molecular formula is C17H25N5O. The number of amides is 1. The first kappa shape index (κ1) is 15.8. The van der Waals surface area contributed by atoms with E-state index in [9.17, 15) is 4.79 Å². The Morgan fingerprint density at radius 1 is 1.35 bits per heavy atom. The molecular weight excluding hydrogens is 290 g/mol. The highest BCUT2D eigenvalue weighted by molar-refractivity contribution is 5.80. The summed E-state index contributed by atoms with van der Waals surface area (Å²) in [5, 5.41) is 4.41. The maximum Gasteiger partial charge on any atom is 0.227 e. The molecule has 124 valence electrons. The summed E-state index contributed by atoms with van der Waals surface area (Å²) < 4.78 is 3.85. The van der Waals surface area contributed by atoms with E-state index in [1.165, 1.54) is 0 Å². The summed E-state index contributed by atoms with van der Waals surface area (Å²) in [6, 6.07) is 0.0345. The number of aryl methyl sites for hydroxylation is 3. The maximum absolute atomic E-state index is 12.9. The summed E-state index contributed by atoms with van der Waals surface area (Å²) in [5.74, 6) is 1.10. The number of likely N-dealkylation sites (tertiary alicyclic amines) is 1. The van der Waals surface area contributed by atoms with E-state index in [-0.39, 0.29) is 17.4 Å². The minimum absolute atomic E-state index is 0.0345. The lowest BCUT2D eigenvalue weighted by atomic mass is 9.74. The average molecular weight is 315 g/mol. The van der Waals surface area contributed by atoms with Gasteiger partial charge >= 0.3 is 0 Å². The van der Waals surface area contributed by atoms with E-state index in [1.54, 1.807) is 6.20 Å².